The number of amides is 1. The van der Waals surface area contributed by atoms with E-state index in [2.05, 4.69) is 10.3 Å². The molecule has 0 unspecified atom stereocenters. The molecule has 0 saturated carbocycles. The molecule has 0 atom stereocenters. The van der Waals surface area contributed by atoms with E-state index in [1.807, 2.05) is 0 Å². The van der Waals surface area contributed by atoms with Crippen molar-refractivity contribution in [3.63, 3.8) is 0 Å². The van der Waals surface area contributed by atoms with E-state index in [9.17, 15) is 14.4 Å². The molecule has 2 aromatic carbocycles. The second-order valence-electron chi connectivity index (χ2n) is 7.07. The van der Waals surface area contributed by atoms with E-state index in [0.717, 1.165) is 4.57 Å². The first kappa shape index (κ1) is 21.3. The Balaban J connectivity index is 1.50. The SMILES string of the molecule is Cc1cc2nc(COC(=O)c3cccc(NC(=O)c4ccccc4Cl)c3C)cc(=O)n2o1. The fraction of sp³-hybridized carbons (Fsp3) is 0.130. The molecule has 1 N–H and O–H groups in total. The number of aryl methyl sites for hydroxylation is 1. The summed E-state index contributed by atoms with van der Waals surface area (Å²) in [6.07, 6.45) is 0. The molecular weight excluding hydrogens is 434 g/mol. The van der Waals surface area contributed by atoms with Crippen LogP contribution in [0.2, 0.25) is 5.02 Å². The van der Waals surface area contributed by atoms with Gasteiger partial charge in [0.1, 0.15) is 12.4 Å². The summed E-state index contributed by atoms with van der Waals surface area (Å²) in [5.41, 5.74) is 1.81. The molecule has 0 aliphatic rings. The number of carbonyl (C=O) groups excluding carboxylic acids is 2. The van der Waals surface area contributed by atoms with E-state index in [4.69, 9.17) is 20.9 Å². The summed E-state index contributed by atoms with van der Waals surface area (Å²) in [6, 6.07) is 14.4. The number of aromatic nitrogens is 2. The van der Waals surface area contributed by atoms with Crippen molar-refractivity contribution in [1.82, 2.24) is 9.56 Å². The molecule has 0 fully saturated rings. The lowest BCUT2D eigenvalue weighted by Gasteiger charge is -2.13. The average molecular weight is 452 g/mol. The van der Waals surface area contributed by atoms with Gasteiger partial charge >= 0.3 is 5.97 Å². The van der Waals surface area contributed by atoms with Crippen LogP contribution < -0.4 is 10.9 Å². The van der Waals surface area contributed by atoms with Crippen LogP contribution in [0.25, 0.3) is 5.65 Å². The monoisotopic (exact) mass is 451 g/mol. The second-order valence-corrected chi connectivity index (χ2v) is 7.48. The van der Waals surface area contributed by atoms with Gasteiger partial charge in [0, 0.05) is 17.8 Å². The number of fused-ring (bicyclic) bond motifs is 1. The lowest BCUT2D eigenvalue weighted by Crippen LogP contribution is -2.16. The molecule has 0 bridgehead atoms. The highest BCUT2D eigenvalue weighted by molar-refractivity contribution is 6.34. The minimum atomic E-state index is -0.610. The molecule has 0 aliphatic heterocycles. The molecule has 0 spiro atoms. The van der Waals surface area contributed by atoms with Gasteiger partial charge in [0.25, 0.3) is 11.5 Å². The number of nitrogens with one attached hydrogen (secondary N) is 1. The third-order valence-corrected chi connectivity index (χ3v) is 5.13. The molecule has 4 rings (SSSR count). The summed E-state index contributed by atoms with van der Waals surface area (Å²) in [6.45, 7) is 3.21. The smallest absolute Gasteiger partial charge is 0.338 e. The maximum atomic E-state index is 12.7. The van der Waals surface area contributed by atoms with Crippen molar-refractivity contribution >= 4 is 34.8 Å². The number of esters is 1. The minimum Gasteiger partial charge on any atom is -0.456 e. The Kier molecular flexibility index (Phi) is 5.79. The second kappa shape index (κ2) is 8.68. The van der Waals surface area contributed by atoms with E-state index < -0.39 is 17.4 Å². The van der Waals surface area contributed by atoms with Crippen molar-refractivity contribution in [3.05, 3.63) is 98.1 Å². The van der Waals surface area contributed by atoms with Gasteiger partial charge in [0.05, 0.1) is 21.8 Å². The summed E-state index contributed by atoms with van der Waals surface area (Å²) in [5.74, 6) is -0.464. The quantitative estimate of drug-likeness (QED) is 0.457. The molecule has 32 heavy (non-hydrogen) atoms. The molecule has 9 heteroatoms. The van der Waals surface area contributed by atoms with Gasteiger partial charge in [-0.05, 0) is 43.7 Å². The number of benzene rings is 2. The van der Waals surface area contributed by atoms with Crippen LogP contribution in [0.4, 0.5) is 5.69 Å². The summed E-state index contributed by atoms with van der Waals surface area (Å²) in [4.78, 5) is 41.6. The van der Waals surface area contributed by atoms with Gasteiger partial charge < -0.3 is 14.6 Å². The largest absolute Gasteiger partial charge is 0.456 e. The number of hydrogen-bond donors (Lipinski definition) is 1. The fourth-order valence-corrected chi connectivity index (χ4v) is 3.41. The van der Waals surface area contributed by atoms with Gasteiger partial charge in [-0.15, -0.1) is 4.57 Å². The lowest BCUT2D eigenvalue weighted by molar-refractivity contribution is 0.0466. The van der Waals surface area contributed by atoms with Crippen molar-refractivity contribution in [2.45, 2.75) is 20.5 Å². The summed E-state index contributed by atoms with van der Waals surface area (Å²) >= 11 is 6.08. The van der Waals surface area contributed by atoms with E-state index in [1.54, 1.807) is 62.4 Å². The zero-order valence-electron chi connectivity index (χ0n) is 17.2. The fourth-order valence-electron chi connectivity index (χ4n) is 3.19. The first-order chi connectivity index (χ1) is 15.3. The van der Waals surface area contributed by atoms with E-state index in [0.29, 0.717) is 38.9 Å². The van der Waals surface area contributed by atoms with Crippen LogP contribution in [-0.4, -0.2) is 21.4 Å². The van der Waals surface area contributed by atoms with Crippen LogP contribution >= 0.6 is 11.6 Å². The van der Waals surface area contributed by atoms with Gasteiger partial charge in [-0.3, -0.25) is 9.59 Å². The first-order valence-electron chi connectivity index (χ1n) is 9.65. The van der Waals surface area contributed by atoms with E-state index in [-0.39, 0.29) is 12.2 Å². The number of anilines is 1. The standard InChI is InChI=1S/C23H18ClN3O5/c1-13-10-20-25-15(11-21(28)27(20)32-13)12-31-23(30)16-7-5-9-19(14(16)2)26-22(29)17-6-3-4-8-18(17)24/h3-11H,12H2,1-2H3,(H,26,29). The Bertz CT molecular complexity index is 1410. The maximum absolute atomic E-state index is 12.7. The molecule has 2 aromatic heterocycles. The Morgan fingerprint density at radius 2 is 1.84 bits per heavy atom. The zero-order valence-corrected chi connectivity index (χ0v) is 18.0. The molecule has 8 nitrogen and oxygen atoms in total. The van der Waals surface area contributed by atoms with Gasteiger partial charge in [-0.1, -0.05) is 29.8 Å². The lowest BCUT2D eigenvalue weighted by atomic mass is 10.1. The Labute approximate surface area is 187 Å². The third-order valence-electron chi connectivity index (χ3n) is 4.80. The van der Waals surface area contributed by atoms with Crippen LogP contribution in [0.1, 0.15) is 37.7 Å². The molecule has 4 aromatic rings. The molecule has 2 heterocycles. The Morgan fingerprint density at radius 1 is 1.09 bits per heavy atom. The summed E-state index contributed by atoms with van der Waals surface area (Å²) in [5, 5.41) is 3.09. The predicted octanol–water partition coefficient (Wildman–Crippen LogP) is 4.17. The highest BCUT2D eigenvalue weighted by atomic mass is 35.5. The highest BCUT2D eigenvalue weighted by Gasteiger charge is 2.17. The number of rotatable bonds is 5. The van der Waals surface area contributed by atoms with Gasteiger partial charge in [-0.25, -0.2) is 9.78 Å². The van der Waals surface area contributed by atoms with E-state index >= 15 is 0 Å². The predicted molar refractivity (Wildman–Crippen MR) is 118 cm³/mol. The van der Waals surface area contributed by atoms with E-state index in [1.165, 1.54) is 6.07 Å². The number of ether oxygens (including phenoxy) is 1. The van der Waals surface area contributed by atoms with Crippen LogP contribution in [0.15, 0.2) is 63.9 Å². The Morgan fingerprint density at radius 3 is 2.62 bits per heavy atom. The summed E-state index contributed by atoms with van der Waals surface area (Å²) < 4.78 is 11.7. The molecule has 162 valence electrons. The average Bonchev–Trinajstić information content (AvgIpc) is 3.14. The Hall–Kier alpha value is -3.91. The normalized spacial score (nSPS) is 10.8. The number of hydrogen-bond acceptors (Lipinski definition) is 6. The summed E-state index contributed by atoms with van der Waals surface area (Å²) in [7, 11) is 0. The van der Waals surface area contributed by atoms with Crippen molar-refractivity contribution < 1.29 is 18.8 Å². The minimum absolute atomic E-state index is 0.190. The van der Waals surface area contributed by atoms with Crippen molar-refractivity contribution in [2.75, 3.05) is 5.32 Å². The van der Waals surface area contributed by atoms with Gasteiger partial charge in [-0.2, -0.15) is 0 Å². The molecule has 0 radical (unpaired) electrons. The number of halogens is 1. The molecular formula is C23H18ClN3O5. The maximum Gasteiger partial charge on any atom is 0.338 e. The zero-order chi connectivity index (χ0) is 22.8. The number of nitrogens with zero attached hydrogens (tertiary/aromatic N) is 2. The van der Waals surface area contributed by atoms with Crippen LogP contribution in [-0.2, 0) is 11.3 Å². The van der Waals surface area contributed by atoms with Crippen molar-refractivity contribution in [2.24, 2.45) is 0 Å². The topological polar surface area (TPSA) is 103 Å². The van der Waals surface area contributed by atoms with Gasteiger partial charge in [0.2, 0.25) is 0 Å². The molecule has 0 saturated heterocycles. The van der Waals surface area contributed by atoms with Crippen molar-refractivity contribution in [1.29, 1.82) is 0 Å². The molecule has 0 aliphatic carbocycles. The first-order valence-corrected chi connectivity index (χ1v) is 10.0. The number of carbonyl (C=O) groups is 2. The van der Waals surface area contributed by atoms with Crippen LogP contribution in [0.3, 0.4) is 0 Å². The van der Waals surface area contributed by atoms with Crippen molar-refractivity contribution in [3.8, 4) is 0 Å². The van der Waals surface area contributed by atoms with Crippen LogP contribution in [0.5, 0.6) is 0 Å². The van der Waals surface area contributed by atoms with Crippen LogP contribution in [0, 0.1) is 13.8 Å². The highest BCUT2D eigenvalue weighted by Crippen LogP contribution is 2.23. The van der Waals surface area contributed by atoms with Gasteiger partial charge in [0.15, 0.2) is 5.65 Å². The third kappa shape index (κ3) is 4.26. The molecule has 1 amide bonds.